The molecule has 3 heterocycles. The Morgan fingerprint density at radius 3 is 2.47 bits per heavy atom. The molecule has 1 aliphatic rings. The average Bonchev–Trinajstić information content (AvgIpc) is 3.48. The zero-order valence-electron chi connectivity index (χ0n) is 16.7. The lowest BCUT2D eigenvalue weighted by Gasteiger charge is -2.36. The first-order chi connectivity index (χ1) is 14.7. The lowest BCUT2D eigenvalue weighted by molar-refractivity contribution is -0.135. The fourth-order valence-corrected chi connectivity index (χ4v) is 4.40. The molecule has 1 atom stereocenters. The third-order valence-corrected chi connectivity index (χ3v) is 6.14. The first-order valence-electron chi connectivity index (χ1n) is 10.1. The zero-order chi connectivity index (χ0) is 20.8. The lowest BCUT2D eigenvalue weighted by Crippen LogP contribution is -2.55. The second-order valence-electron chi connectivity index (χ2n) is 7.37. The fraction of sp³-hybridized carbons (Fsp3) is 0.304. The van der Waals surface area contributed by atoms with E-state index in [-0.39, 0.29) is 17.6 Å². The molecule has 1 saturated heterocycles. The van der Waals surface area contributed by atoms with Gasteiger partial charge in [0.1, 0.15) is 6.04 Å². The van der Waals surface area contributed by atoms with Gasteiger partial charge in [0.05, 0.1) is 6.26 Å². The summed E-state index contributed by atoms with van der Waals surface area (Å²) >= 11 is 1.76. The second kappa shape index (κ2) is 9.73. The molecule has 7 heteroatoms. The van der Waals surface area contributed by atoms with Crippen LogP contribution in [0.15, 0.2) is 70.7 Å². The van der Waals surface area contributed by atoms with Gasteiger partial charge in [0, 0.05) is 44.0 Å². The Balaban J connectivity index is 1.40. The summed E-state index contributed by atoms with van der Waals surface area (Å²) in [4.78, 5) is 31.4. The van der Waals surface area contributed by atoms with Crippen molar-refractivity contribution < 1.29 is 14.0 Å². The first-order valence-corrected chi connectivity index (χ1v) is 11.0. The van der Waals surface area contributed by atoms with E-state index in [0.29, 0.717) is 19.5 Å². The SMILES string of the molecule is O=C(NC(Cc1ccccc1)C(=O)N1CCN(Cc2cccs2)CC1)c1ccco1. The average molecular weight is 424 g/mol. The third-order valence-electron chi connectivity index (χ3n) is 5.27. The molecule has 0 radical (unpaired) electrons. The summed E-state index contributed by atoms with van der Waals surface area (Å²) in [7, 11) is 0. The second-order valence-corrected chi connectivity index (χ2v) is 8.41. The van der Waals surface area contributed by atoms with E-state index in [1.165, 1.54) is 11.1 Å². The van der Waals surface area contributed by atoms with Gasteiger partial charge in [-0.05, 0) is 29.1 Å². The van der Waals surface area contributed by atoms with Crippen LogP contribution in [0.1, 0.15) is 21.0 Å². The van der Waals surface area contributed by atoms with E-state index in [2.05, 4.69) is 27.7 Å². The van der Waals surface area contributed by atoms with Gasteiger partial charge in [-0.2, -0.15) is 0 Å². The summed E-state index contributed by atoms with van der Waals surface area (Å²) in [6, 6.07) is 16.6. The van der Waals surface area contributed by atoms with Crippen molar-refractivity contribution in [1.82, 2.24) is 15.1 Å². The molecule has 0 saturated carbocycles. The summed E-state index contributed by atoms with van der Waals surface area (Å²) in [6.45, 7) is 3.89. The molecule has 1 fully saturated rings. The molecule has 0 spiro atoms. The molecule has 2 amide bonds. The van der Waals surface area contributed by atoms with Gasteiger partial charge in [0.25, 0.3) is 5.91 Å². The molecule has 1 unspecified atom stereocenters. The van der Waals surface area contributed by atoms with Crippen molar-refractivity contribution in [1.29, 1.82) is 0 Å². The molecular formula is C23H25N3O3S. The molecule has 156 valence electrons. The van der Waals surface area contributed by atoms with Crippen LogP contribution in [0.2, 0.25) is 0 Å². The topological polar surface area (TPSA) is 65.8 Å². The first kappa shape index (κ1) is 20.4. The number of benzene rings is 1. The van der Waals surface area contributed by atoms with E-state index < -0.39 is 6.04 Å². The predicted octanol–water partition coefficient (Wildman–Crippen LogP) is 3.03. The van der Waals surface area contributed by atoms with Crippen LogP contribution in [0.5, 0.6) is 0 Å². The smallest absolute Gasteiger partial charge is 0.287 e. The van der Waals surface area contributed by atoms with Crippen LogP contribution in [-0.4, -0.2) is 53.8 Å². The Labute approximate surface area is 180 Å². The van der Waals surface area contributed by atoms with E-state index >= 15 is 0 Å². The Hall–Kier alpha value is -2.90. The van der Waals surface area contributed by atoms with E-state index in [9.17, 15) is 9.59 Å². The lowest BCUT2D eigenvalue weighted by atomic mass is 10.0. The molecule has 0 aliphatic carbocycles. The molecule has 2 aromatic heterocycles. The van der Waals surface area contributed by atoms with Crippen LogP contribution >= 0.6 is 11.3 Å². The number of piperazine rings is 1. The van der Waals surface area contributed by atoms with Gasteiger partial charge in [-0.3, -0.25) is 14.5 Å². The van der Waals surface area contributed by atoms with E-state index in [1.807, 2.05) is 35.2 Å². The summed E-state index contributed by atoms with van der Waals surface area (Å²) in [5.41, 5.74) is 1.01. The van der Waals surface area contributed by atoms with Crippen LogP contribution in [0.3, 0.4) is 0 Å². The monoisotopic (exact) mass is 423 g/mol. The maximum Gasteiger partial charge on any atom is 0.287 e. The highest BCUT2D eigenvalue weighted by atomic mass is 32.1. The van der Waals surface area contributed by atoms with Gasteiger partial charge in [-0.25, -0.2) is 0 Å². The largest absolute Gasteiger partial charge is 0.459 e. The highest BCUT2D eigenvalue weighted by Gasteiger charge is 2.29. The number of rotatable bonds is 7. The molecule has 1 N–H and O–H groups in total. The summed E-state index contributed by atoms with van der Waals surface area (Å²) < 4.78 is 5.19. The minimum absolute atomic E-state index is 0.0467. The molecule has 0 bridgehead atoms. The number of hydrogen-bond acceptors (Lipinski definition) is 5. The van der Waals surface area contributed by atoms with Crippen molar-refractivity contribution in [2.24, 2.45) is 0 Å². The molecule has 30 heavy (non-hydrogen) atoms. The van der Waals surface area contributed by atoms with Crippen LogP contribution < -0.4 is 5.32 Å². The van der Waals surface area contributed by atoms with Crippen LogP contribution in [0, 0.1) is 0 Å². The quantitative estimate of drug-likeness (QED) is 0.634. The fourth-order valence-electron chi connectivity index (χ4n) is 3.66. The van der Waals surface area contributed by atoms with Gasteiger partial charge in [-0.15, -0.1) is 11.3 Å². The van der Waals surface area contributed by atoms with Crippen molar-refractivity contribution in [3.05, 3.63) is 82.4 Å². The van der Waals surface area contributed by atoms with E-state index in [1.54, 1.807) is 23.5 Å². The number of amides is 2. The molecule has 1 aromatic carbocycles. The number of hydrogen-bond donors (Lipinski definition) is 1. The highest BCUT2D eigenvalue weighted by molar-refractivity contribution is 7.09. The van der Waals surface area contributed by atoms with Gasteiger partial charge >= 0.3 is 0 Å². The van der Waals surface area contributed by atoms with Gasteiger partial charge in [0.15, 0.2) is 5.76 Å². The Morgan fingerprint density at radius 2 is 1.80 bits per heavy atom. The van der Waals surface area contributed by atoms with Gasteiger partial charge in [0.2, 0.25) is 5.91 Å². The zero-order valence-corrected chi connectivity index (χ0v) is 17.5. The number of carbonyl (C=O) groups excluding carboxylic acids is 2. The number of nitrogens with zero attached hydrogens (tertiary/aromatic N) is 2. The summed E-state index contributed by atoms with van der Waals surface area (Å²) in [5.74, 6) is -0.207. The number of carbonyl (C=O) groups is 2. The molecule has 6 nitrogen and oxygen atoms in total. The summed E-state index contributed by atoms with van der Waals surface area (Å²) in [5, 5.41) is 4.97. The predicted molar refractivity (Wildman–Crippen MR) is 116 cm³/mol. The molecule has 1 aliphatic heterocycles. The Bertz CT molecular complexity index is 934. The van der Waals surface area contributed by atoms with Crippen LogP contribution in [-0.2, 0) is 17.8 Å². The van der Waals surface area contributed by atoms with Crippen LogP contribution in [0.25, 0.3) is 0 Å². The van der Waals surface area contributed by atoms with E-state index in [4.69, 9.17) is 4.42 Å². The maximum atomic E-state index is 13.3. The minimum Gasteiger partial charge on any atom is -0.459 e. The van der Waals surface area contributed by atoms with Crippen molar-refractivity contribution in [3.63, 3.8) is 0 Å². The van der Waals surface area contributed by atoms with Crippen molar-refractivity contribution >= 4 is 23.2 Å². The van der Waals surface area contributed by atoms with Crippen molar-refractivity contribution in [3.8, 4) is 0 Å². The molecule has 4 rings (SSSR count). The van der Waals surface area contributed by atoms with Crippen molar-refractivity contribution in [2.75, 3.05) is 26.2 Å². The van der Waals surface area contributed by atoms with Gasteiger partial charge < -0.3 is 14.6 Å². The maximum absolute atomic E-state index is 13.3. The standard InChI is InChI=1S/C23H25N3O3S/c27-22(21-9-4-14-29-21)24-20(16-18-6-2-1-3-7-18)23(28)26-12-10-25(11-13-26)17-19-8-5-15-30-19/h1-9,14-15,20H,10-13,16-17H2,(H,24,27). The number of thiophene rings is 1. The Morgan fingerprint density at radius 1 is 1.00 bits per heavy atom. The van der Waals surface area contributed by atoms with E-state index in [0.717, 1.165) is 25.2 Å². The molecular weight excluding hydrogens is 398 g/mol. The van der Waals surface area contributed by atoms with Gasteiger partial charge in [-0.1, -0.05) is 36.4 Å². The minimum atomic E-state index is -0.631. The Kier molecular flexibility index (Phi) is 6.61. The number of furan rings is 1. The van der Waals surface area contributed by atoms with Crippen LogP contribution in [0.4, 0.5) is 0 Å². The van der Waals surface area contributed by atoms with Crippen molar-refractivity contribution in [2.45, 2.75) is 19.0 Å². The number of nitrogens with one attached hydrogen (secondary N) is 1. The third kappa shape index (κ3) is 5.17. The summed E-state index contributed by atoms with van der Waals surface area (Å²) in [6.07, 6.45) is 1.90. The highest BCUT2D eigenvalue weighted by Crippen LogP contribution is 2.15. The normalized spacial score (nSPS) is 15.7. The molecule has 3 aromatic rings.